The van der Waals surface area contributed by atoms with Gasteiger partial charge in [-0.1, -0.05) is 12.1 Å². The molecule has 0 aliphatic heterocycles. The molecule has 0 fully saturated rings. The second kappa shape index (κ2) is 5.87. The molecule has 0 saturated heterocycles. The van der Waals surface area contributed by atoms with Crippen LogP contribution in [0, 0.1) is 0 Å². The Hall–Kier alpha value is -1.85. The van der Waals surface area contributed by atoms with Crippen molar-refractivity contribution >= 4 is 22.3 Å². The predicted octanol–water partition coefficient (Wildman–Crippen LogP) is 4.31. The molecular formula is C16H18N2O2S. The third-order valence-electron chi connectivity index (χ3n) is 3.50. The molecule has 0 saturated carbocycles. The van der Waals surface area contributed by atoms with Crippen LogP contribution in [0.1, 0.15) is 36.7 Å². The molecule has 0 bridgehead atoms. The zero-order chi connectivity index (χ0) is 14.8. The Morgan fingerprint density at radius 2 is 2.14 bits per heavy atom. The van der Waals surface area contributed by atoms with E-state index in [0.29, 0.717) is 0 Å². The van der Waals surface area contributed by atoms with Crippen LogP contribution in [0.3, 0.4) is 0 Å². The average Bonchev–Trinajstić information content (AvgIpc) is 3.15. The minimum absolute atomic E-state index is 0.0982. The van der Waals surface area contributed by atoms with Crippen molar-refractivity contribution in [3.8, 4) is 5.75 Å². The first-order valence-electron chi connectivity index (χ1n) is 6.91. The smallest absolute Gasteiger partial charge is 0.176 e. The number of furan rings is 1. The Morgan fingerprint density at radius 1 is 1.29 bits per heavy atom. The lowest BCUT2D eigenvalue weighted by atomic mass is 10.2. The van der Waals surface area contributed by atoms with Gasteiger partial charge in [-0.15, -0.1) is 11.3 Å². The van der Waals surface area contributed by atoms with Gasteiger partial charge in [-0.3, -0.25) is 5.32 Å². The lowest BCUT2D eigenvalue weighted by molar-refractivity contribution is 0.391. The summed E-state index contributed by atoms with van der Waals surface area (Å²) < 4.78 is 11.3. The number of methoxy groups -OCH3 is 1. The summed E-state index contributed by atoms with van der Waals surface area (Å²) in [6.07, 6.45) is 1.83. The van der Waals surface area contributed by atoms with Crippen LogP contribution < -0.4 is 10.1 Å². The summed E-state index contributed by atoms with van der Waals surface area (Å²) in [5, 5.41) is 7.64. The van der Waals surface area contributed by atoms with E-state index in [-0.39, 0.29) is 12.1 Å². The van der Waals surface area contributed by atoms with Crippen LogP contribution in [-0.4, -0.2) is 12.1 Å². The van der Waals surface area contributed by atoms with Crippen molar-refractivity contribution in [1.29, 1.82) is 0 Å². The van der Waals surface area contributed by atoms with E-state index in [9.17, 15) is 0 Å². The van der Waals surface area contributed by atoms with E-state index in [0.717, 1.165) is 27.5 Å². The molecular weight excluding hydrogens is 284 g/mol. The molecule has 2 heterocycles. The number of aromatic nitrogens is 1. The van der Waals surface area contributed by atoms with Gasteiger partial charge in [0.1, 0.15) is 10.8 Å². The van der Waals surface area contributed by atoms with Crippen LogP contribution >= 0.6 is 11.3 Å². The highest BCUT2D eigenvalue weighted by molar-refractivity contribution is 7.09. The molecule has 110 valence electrons. The van der Waals surface area contributed by atoms with Crippen molar-refractivity contribution in [3.05, 3.63) is 46.6 Å². The Labute approximate surface area is 127 Å². The van der Waals surface area contributed by atoms with Gasteiger partial charge in [0, 0.05) is 17.0 Å². The Kier molecular flexibility index (Phi) is 3.94. The number of fused-ring (bicyclic) bond motifs is 1. The first-order chi connectivity index (χ1) is 10.2. The maximum absolute atomic E-state index is 5.97. The Balaban J connectivity index is 1.83. The molecule has 4 nitrogen and oxygen atoms in total. The molecule has 2 aromatic heterocycles. The molecule has 0 aliphatic rings. The Morgan fingerprint density at radius 3 is 2.86 bits per heavy atom. The summed E-state index contributed by atoms with van der Waals surface area (Å²) in [5.74, 6) is 1.66. The van der Waals surface area contributed by atoms with Gasteiger partial charge >= 0.3 is 0 Å². The third-order valence-corrected chi connectivity index (χ3v) is 4.45. The van der Waals surface area contributed by atoms with Gasteiger partial charge in [-0.25, -0.2) is 4.98 Å². The fourth-order valence-corrected chi connectivity index (χ4v) is 3.06. The van der Waals surface area contributed by atoms with Crippen molar-refractivity contribution in [2.45, 2.75) is 25.9 Å². The van der Waals surface area contributed by atoms with E-state index >= 15 is 0 Å². The lowest BCUT2D eigenvalue weighted by Gasteiger charge is -2.16. The van der Waals surface area contributed by atoms with Gasteiger partial charge < -0.3 is 9.15 Å². The van der Waals surface area contributed by atoms with Gasteiger partial charge in [0.2, 0.25) is 0 Å². The number of hydrogen-bond donors (Lipinski definition) is 1. The summed E-state index contributed by atoms with van der Waals surface area (Å²) >= 11 is 1.66. The van der Waals surface area contributed by atoms with Crippen LogP contribution in [0.25, 0.3) is 11.0 Å². The highest BCUT2D eigenvalue weighted by atomic mass is 32.1. The number of thiazole rings is 1. The lowest BCUT2D eigenvalue weighted by Crippen LogP contribution is -2.21. The number of para-hydroxylation sites is 1. The van der Waals surface area contributed by atoms with Crippen molar-refractivity contribution < 1.29 is 9.15 Å². The second-order valence-electron chi connectivity index (χ2n) is 5.01. The minimum atomic E-state index is 0.0982. The van der Waals surface area contributed by atoms with Crippen LogP contribution in [0.4, 0.5) is 0 Å². The largest absolute Gasteiger partial charge is 0.493 e. The van der Waals surface area contributed by atoms with E-state index in [1.807, 2.05) is 29.8 Å². The van der Waals surface area contributed by atoms with E-state index in [1.165, 1.54) is 0 Å². The van der Waals surface area contributed by atoms with Gasteiger partial charge in [0.15, 0.2) is 11.3 Å². The molecule has 5 heteroatoms. The third kappa shape index (κ3) is 2.80. The van der Waals surface area contributed by atoms with Crippen LogP contribution in [-0.2, 0) is 0 Å². The van der Waals surface area contributed by atoms with Gasteiger partial charge in [0.25, 0.3) is 0 Å². The first kappa shape index (κ1) is 14.1. The molecule has 21 heavy (non-hydrogen) atoms. The molecule has 0 amide bonds. The summed E-state index contributed by atoms with van der Waals surface area (Å²) in [5.41, 5.74) is 0.797. The molecule has 2 unspecified atom stereocenters. The minimum Gasteiger partial charge on any atom is -0.493 e. The maximum atomic E-state index is 5.97. The van der Waals surface area contributed by atoms with E-state index in [2.05, 4.69) is 30.2 Å². The summed E-state index contributed by atoms with van der Waals surface area (Å²) in [6, 6.07) is 8.25. The molecule has 3 rings (SSSR count). The number of rotatable bonds is 5. The van der Waals surface area contributed by atoms with Gasteiger partial charge in [-0.2, -0.15) is 0 Å². The quantitative estimate of drug-likeness (QED) is 0.763. The second-order valence-corrected chi connectivity index (χ2v) is 5.93. The SMILES string of the molecule is COc1cccc2cc(C(C)NC(C)c3nccs3)oc12. The van der Waals surface area contributed by atoms with Gasteiger partial charge in [0.05, 0.1) is 19.2 Å². The van der Waals surface area contributed by atoms with Crippen LogP contribution in [0.15, 0.2) is 40.3 Å². The summed E-state index contributed by atoms with van der Waals surface area (Å²) in [7, 11) is 1.66. The normalized spacial score (nSPS) is 14.2. The molecule has 0 radical (unpaired) electrons. The predicted molar refractivity (Wildman–Crippen MR) is 84.8 cm³/mol. The average molecular weight is 302 g/mol. The van der Waals surface area contributed by atoms with Crippen molar-refractivity contribution in [1.82, 2.24) is 10.3 Å². The van der Waals surface area contributed by atoms with Gasteiger partial charge in [-0.05, 0) is 26.0 Å². The number of benzene rings is 1. The Bertz CT molecular complexity index is 721. The first-order valence-corrected chi connectivity index (χ1v) is 7.79. The number of nitrogens with one attached hydrogen (secondary N) is 1. The van der Waals surface area contributed by atoms with Crippen LogP contribution in [0.2, 0.25) is 0 Å². The van der Waals surface area contributed by atoms with Crippen molar-refractivity contribution in [3.63, 3.8) is 0 Å². The highest BCUT2D eigenvalue weighted by Crippen LogP contribution is 2.31. The van der Waals surface area contributed by atoms with E-state index in [1.54, 1.807) is 18.4 Å². The molecule has 1 N–H and O–H groups in total. The monoisotopic (exact) mass is 302 g/mol. The molecule has 2 atom stereocenters. The number of hydrogen-bond acceptors (Lipinski definition) is 5. The standard InChI is InChI=1S/C16H18N2O2S/c1-10(18-11(2)16-17-7-8-21-16)14-9-12-5-4-6-13(19-3)15(12)20-14/h4-11,18H,1-3H3. The zero-order valence-corrected chi connectivity index (χ0v) is 13.1. The topological polar surface area (TPSA) is 47.3 Å². The number of nitrogens with zero attached hydrogens (tertiary/aromatic N) is 1. The zero-order valence-electron chi connectivity index (χ0n) is 12.3. The molecule has 0 spiro atoms. The molecule has 0 aliphatic carbocycles. The summed E-state index contributed by atoms with van der Waals surface area (Å²) in [4.78, 5) is 4.34. The van der Waals surface area contributed by atoms with E-state index < -0.39 is 0 Å². The van der Waals surface area contributed by atoms with E-state index in [4.69, 9.17) is 9.15 Å². The number of ether oxygens (including phenoxy) is 1. The van der Waals surface area contributed by atoms with Crippen LogP contribution in [0.5, 0.6) is 5.75 Å². The van der Waals surface area contributed by atoms with Crippen molar-refractivity contribution in [2.75, 3.05) is 7.11 Å². The maximum Gasteiger partial charge on any atom is 0.176 e. The fourth-order valence-electron chi connectivity index (χ4n) is 2.41. The highest BCUT2D eigenvalue weighted by Gasteiger charge is 2.17. The summed E-state index contributed by atoms with van der Waals surface area (Å²) in [6.45, 7) is 4.20. The van der Waals surface area contributed by atoms with Crippen molar-refractivity contribution in [2.24, 2.45) is 0 Å². The fraction of sp³-hybridized carbons (Fsp3) is 0.312. The molecule has 3 aromatic rings. The molecule has 1 aromatic carbocycles.